The zero-order chi connectivity index (χ0) is 13.5. The average molecular weight is 291 g/mol. The first-order valence-electron chi connectivity index (χ1n) is 5.56. The molecule has 0 aliphatic carbocycles. The van der Waals surface area contributed by atoms with E-state index in [4.69, 9.17) is 17.3 Å². The molecule has 1 saturated heterocycles. The van der Waals surface area contributed by atoms with Crippen LogP contribution in [0.1, 0.15) is 12.0 Å². The summed E-state index contributed by atoms with van der Waals surface area (Å²) >= 11 is 5.85. The molecule has 1 aliphatic rings. The van der Waals surface area contributed by atoms with E-state index in [1.165, 1.54) is 16.4 Å². The number of benzene rings is 1. The van der Waals surface area contributed by atoms with Crippen LogP contribution in [0, 0.1) is 6.92 Å². The molecule has 1 aromatic rings. The van der Waals surface area contributed by atoms with Gasteiger partial charge in [0.2, 0.25) is 10.0 Å². The van der Waals surface area contributed by atoms with Crippen LogP contribution in [-0.4, -0.2) is 37.0 Å². The smallest absolute Gasteiger partial charge is 0.243 e. The fraction of sp³-hybridized carbons (Fsp3) is 0.455. The highest BCUT2D eigenvalue weighted by Gasteiger charge is 2.33. The molecule has 0 spiro atoms. The molecule has 0 bridgehead atoms. The van der Waals surface area contributed by atoms with E-state index < -0.39 is 16.1 Å². The second kappa shape index (κ2) is 4.70. The summed E-state index contributed by atoms with van der Waals surface area (Å²) in [5, 5.41) is 9.72. The molecule has 1 heterocycles. The maximum absolute atomic E-state index is 12.4. The van der Waals surface area contributed by atoms with E-state index in [0.29, 0.717) is 24.2 Å². The molecule has 1 fully saturated rings. The summed E-state index contributed by atoms with van der Waals surface area (Å²) in [4.78, 5) is 0.113. The molecule has 18 heavy (non-hydrogen) atoms. The Morgan fingerprint density at radius 3 is 2.72 bits per heavy atom. The van der Waals surface area contributed by atoms with Gasteiger partial charge in [0.25, 0.3) is 0 Å². The lowest BCUT2D eigenvalue weighted by molar-refractivity contribution is 0.189. The number of aliphatic hydroxyl groups excluding tert-OH is 1. The standard InChI is InChI=1S/C11H15ClN2O3S/c1-7-10(13)4-8(12)5-11(7)18(16,17)14-3-2-9(15)6-14/h4-5,9,15H,2-3,6,13H2,1H3/t9-/m1/s1. The van der Waals surface area contributed by atoms with Crippen LogP contribution >= 0.6 is 11.6 Å². The van der Waals surface area contributed by atoms with Crippen molar-refractivity contribution in [3.05, 3.63) is 22.7 Å². The minimum Gasteiger partial charge on any atom is -0.398 e. The first kappa shape index (κ1) is 13.6. The van der Waals surface area contributed by atoms with Gasteiger partial charge in [0.05, 0.1) is 11.0 Å². The van der Waals surface area contributed by atoms with Crippen LogP contribution in [-0.2, 0) is 10.0 Å². The van der Waals surface area contributed by atoms with Gasteiger partial charge in [-0.15, -0.1) is 0 Å². The van der Waals surface area contributed by atoms with Gasteiger partial charge < -0.3 is 10.8 Å². The lowest BCUT2D eigenvalue weighted by atomic mass is 10.2. The van der Waals surface area contributed by atoms with E-state index in [9.17, 15) is 13.5 Å². The van der Waals surface area contributed by atoms with Crippen LogP contribution < -0.4 is 5.73 Å². The third kappa shape index (κ3) is 2.33. The number of hydrogen-bond donors (Lipinski definition) is 2. The molecule has 5 nitrogen and oxygen atoms in total. The number of rotatable bonds is 2. The predicted octanol–water partition coefficient (Wildman–Crippen LogP) is 0.986. The quantitative estimate of drug-likeness (QED) is 0.796. The number of hydrogen-bond acceptors (Lipinski definition) is 4. The summed E-state index contributed by atoms with van der Waals surface area (Å²) in [5.41, 5.74) is 6.56. The Morgan fingerprint density at radius 1 is 1.50 bits per heavy atom. The van der Waals surface area contributed by atoms with Gasteiger partial charge in [-0.1, -0.05) is 11.6 Å². The van der Waals surface area contributed by atoms with Crippen LogP contribution in [0.25, 0.3) is 0 Å². The number of nitrogens with two attached hydrogens (primary N) is 1. The van der Waals surface area contributed by atoms with Gasteiger partial charge in [-0.25, -0.2) is 8.42 Å². The molecule has 2 rings (SSSR count). The Hall–Kier alpha value is -0.820. The number of aliphatic hydroxyl groups is 1. The van der Waals surface area contributed by atoms with Gasteiger partial charge in [-0.2, -0.15) is 4.31 Å². The van der Waals surface area contributed by atoms with Crippen LogP contribution in [0.15, 0.2) is 17.0 Å². The minimum atomic E-state index is -3.64. The van der Waals surface area contributed by atoms with Crippen molar-refractivity contribution in [2.24, 2.45) is 0 Å². The van der Waals surface area contributed by atoms with Crippen molar-refractivity contribution in [3.63, 3.8) is 0 Å². The minimum absolute atomic E-state index is 0.113. The molecule has 1 aromatic carbocycles. The molecule has 0 unspecified atom stereocenters. The number of nitrogen functional groups attached to an aromatic ring is 1. The third-order valence-corrected chi connectivity index (χ3v) is 5.32. The van der Waals surface area contributed by atoms with Crippen LogP contribution in [0.4, 0.5) is 5.69 Å². The Kier molecular flexibility index (Phi) is 3.55. The number of nitrogens with zero attached hydrogens (tertiary/aromatic N) is 1. The maximum atomic E-state index is 12.4. The summed E-state index contributed by atoms with van der Waals surface area (Å²) in [6.45, 7) is 2.08. The maximum Gasteiger partial charge on any atom is 0.243 e. The second-order valence-corrected chi connectivity index (χ2v) is 6.77. The van der Waals surface area contributed by atoms with E-state index in [0.717, 1.165) is 0 Å². The average Bonchev–Trinajstić information content (AvgIpc) is 2.70. The second-order valence-electron chi connectivity index (χ2n) is 4.42. The van der Waals surface area contributed by atoms with Gasteiger partial charge >= 0.3 is 0 Å². The molecule has 1 atom stereocenters. The summed E-state index contributed by atoms with van der Waals surface area (Å²) in [6.07, 6.45) is -0.148. The summed E-state index contributed by atoms with van der Waals surface area (Å²) < 4.78 is 26.1. The van der Waals surface area contributed by atoms with Gasteiger partial charge in [0.1, 0.15) is 0 Å². The molecule has 0 amide bonds. The van der Waals surface area contributed by atoms with Crippen LogP contribution in [0.5, 0.6) is 0 Å². The van der Waals surface area contributed by atoms with Crippen LogP contribution in [0.2, 0.25) is 5.02 Å². The molecule has 100 valence electrons. The Bertz CT molecular complexity index is 574. The summed E-state index contributed by atoms with van der Waals surface area (Å²) in [6, 6.07) is 2.92. The molecule has 0 saturated carbocycles. The van der Waals surface area contributed by atoms with Gasteiger partial charge in [-0.3, -0.25) is 0 Å². The van der Waals surface area contributed by atoms with Crippen molar-refractivity contribution < 1.29 is 13.5 Å². The van der Waals surface area contributed by atoms with E-state index in [2.05, 4.69) is 0 Å². The molecular weight excluding hydrogens is 276 g/mol. The third-order valence-electron chi connectivity index (χ3n) is 3.11. The fourth-order valence-corrected chi connectivity index (χ4v) is 4.07. The fourth-order valence-electron chi connectivity index (χ4n) is 2.01. The lowest BCUT2D eigenvalue weighted by Crippen LogP contribution is -2.30. The van der Waals surface area contributed by atoms with E-state index in [1.54, 1.807) is 6.92 Å². The highest BCUT2D eigenvalue weighted by Crippen LogP contribution is 2.29. The monoisotopic (exact) mass is 290 g/mol. The van der Waals surface area contributed by atoms with Crippen molar-refractivity contribution in [2.75, 3.05) is 18.8 Å². The Morgan fingerprint density at radius 2 is 2.17 bits per heavy atom. The normalized spacial score (nSPS) is 21.4. The first-order chi connectivity index (χ1) is 8.32. The summed E-state index contributed by atoms with van der Waals surface area (Å²) in [5.74, 6) is 0. The van der Waals surface area contributed by atoms with Crippen molar-refractivity contribution in [2.45, 2.75) is 24.3 Å². The van der Waals surface area contributed by atoms with E-state index in [-0.39, 0.29) is 16.5 Å². The SMILES string of the molecule is Cc1c(N)cc(Cl)cc1S(=O)(=O)N1CC[C@@H](O)C1. The Balaban J connectivity index is 2.48. The molecule has 0 aromatic heterocycles. The van der Waals surface area contributed by atoms with Crippen molar-refractivity contribution in [1.82, 2.24) is 4.31 Å². The topological polar surface area (TPSA) is 83.6 Å². The zero-order valence-electron chi connectivity index (χ0n) is 9.93. The predicted molar refractivity (Wildman–Crippen MR) is 70.0 cm³/mol. The molecule has 3 N–H and O–H groups in total. The molecule has 7 heteroatoms. The first-order valence-corrected chi connectivity index (χ1v) is 7.38. The number of halogens is 1. The number of sulfonamides is 1. The molecular formula is C11H15ClN2O3S. The highest BCUT2D eigenvalue weighted by atomic mass is 35.5. The molecule has 1 aliphatic heterocycles. The lowest BCUT2D eigenvalue weighted by Gasteiger charge is -2.18. The van der Waals surface area contributed by atoms with E-state index >= 15 is 0 Å². The van der Waals surface area contributed by atoms with Gasteiger partial charge in [0, 0.05) is 23.8 Å². The van der Waals surface area contributed by atoms with Gasteiger partial charge in [0.15, 0.2) is 0 Å². The Labute approximate surface area is 111 Å². The number of anilines is 1. The van der Waals surface area contributed by atoms with E-state index in [1.807, 2.05) is 0 Å². The van der Waals surface area contributed by atoms with Crippen LogP contribution in [0.3, 0.4) is 0 Å². The highest BCUT2D eigenvalue weighted by molar-refractivity contribution is 7.89. The molecule has 0 radical (unpaired) electrons. The zero-order valence-corrected chi connectivity index (χ0v) is 11.5. The summed E-state index contributed by atoms with van der Waals surface area (Å²) in [7, 11) is -3.64. The number of β-amino-alcohol motifs (C(OH)–C–C–N with tert-alkyl or cyclic N) is 1. The van der Waals surface area contributed by atoms with Gasteiger partial charge in [-0.05, 0) is 31.0 Å². The van der Waals surface area contributed by atoms with Crippen molar-refractivity contribution in [1.29, 1.82) is 0 Å². The van der Waals surface area contributed by atoms with Crippen molar-refractivity contribution in [3.8, 4) is 0 Å². The largest absolute Gasteiger partial charge is 0.398 e. The van der Waals surface area contributed by atoms with Crippen molar-refractivity contribution >= 4 is 27.3 Å².